The van der Waals surface area contributed by atoms with E-state index in [9.17, 15) is 14.7 Å². The summed E-state index contributed by atoms with van der Waals surface area (Å²) in [5.74, 6) is 0.296. The van der Waals surface area contributed by atoms with Crippen molar-refractivity contribution in [2.24, 2.45) is 14.1 Å². The minimum atomic E-state index is -0.684. The molecule has 164 valence electrons. The van der Waals surface area contributed by atoms with Crippen molar-refractivity contribution >= 4 is 10.9 Å². The maximum absolute atomic E-state index is 13.3. The molecule has 5 rings (SSSR count). The molecule has 0 saturated carbocycles. The average molecular weight is 433 g/mol. The van der Waals surface area contributed by atoms with Crippen LogP contribution >= 0.6 is 0 Å². The minimum Gasteiger partial charge on any atom is -0.504 e. The molecule has 1 aliphatic heterocycles. The van der Waals surface area contributed by atoms with E-state index in [2.05, 4.69) is 0 Å². The molecule has 2 aromatic carbocycles. The maximum atomic E-state index is 13.3. The van der Waals surface area contributed by atoms with Gasteiger partial charge in [-0.05, 0) is 11.6 Å². The van der Waals surface area contributed by atoms with Crippen LogP contribution < -0.4 is 16.0 Å². The van der Waals surface area contributed by atoms with E-state index in [-0.39, 0.29) is 11.3 Å². The van der Waals surface area contributed by atoms with Crippen LogP contribution in [0.3, 0.4) is 0 Å². The summed E-state index contributed by atoms with van der Waals surface area (Å²) in [5, 5.41) is 11.3. The summed E-state index contributed by atoms with van der Waals surface area (Å²) in [5.41, 5.74) is 2.50. The number of fused-ring (bicyclic) bond motifs is 3. The molecule has 1 aliphatic rings. The summed E-state index contributed by atoms with van der Waals surface area (Å²) in [6.45, 7) is 0.885. The average Bonchev–Trinajstić information content (AvgIpc) is 3.18. The maximum Gasteiger partial charge on any atom is 0.331 e. The zero-order chi connectivity index (χ0) is 22.6. The van der Waals surface area contributed by atoms with E-state index in [0.717, 1.165) is 15.8 Å². The van der Waals surface area contributed by atoms with Crippen LogP contribution in [0.2, 0.25) is 0 Å². The summed E-state index contributed by atoms with van der Waals surface area (Å²) in [6.07, 6.45) is -0.684. The molecule has 0 saturated heterocycles. The Hall–Kier alpha value is -3.78. The number of nitrogens with zero attached hydrogens (tertiary/aromatic N) is 3. The van der Waals surface area contributed by atoms with Crippen LogP contribution in [0.5, 0.6) is 11.5 Å². The monoisotopic (exact) mass is 433 g/mol. The second-order valence-electron chi connectivity index (χ2n) is 7.83. The number of aromatic nitrogens is 3. The zero-order valence-corrected chi connectivity index (χ0v) is 18.0. The number of methoxy groups -OCH3 is 1. The third-order valence-corrected chi connectivity index (χ3v) is 6.13. The second kappa shape index (κ2) is 7.42. The highest BCUT2D eigenvalue weighted by atomic mass is 16.5. The van der Waals surface area contributed by atoms with E-state index in [1.54, 1.807) is 25.2 Å². The van der Waals surface area contributed by atoms with Gasteiger partial charge >= 0.3 is 5.69 Å². The topological polar surface area (TPSA) is 87.6 Å². The first-order chi connectivity index (χ1) is 15.5. The molecule has 1 N–H and O–H groups in total. The molecular formula is C24H23N3O5. The lowest BCUT2D eigenvalue weighted by atomic mass is 10.0. The number of benzene rings is 2. The number of hydrogen-bond donors (Lipinski definition) is 1. The van der Waals surface area contributed by atoms with Crippen LogP contribution in [0.15, 0.2) is 58.1 Å². The van der Waals surface area contributed by atoms with Crippen LogP contribution in [-0.2, 0) is 25.4 Å². The second-order valence-corrected chi connectivity index (χ2v) is 7.83. The van der Waals surface area contributed by atoms with E-state index in [1.165, 1.54) is 18.7 Å². The van der Waals surface area contributed by atoms with Gasteiger partial charge < -0.3 is 19.1 Å². The van der Waals surface area contributed by atoms with Crippen LogP contribution in [0, 0.1) is 0 Å². The van der Waals surface area contributed by atoms with Gasteiger partial charge in [0.15, 0.2) is 11.5 Å². The van der Waals surface area contributed by atoms with Crippen LogP contribution in [0.4, 0.5) is 0 Å². The molecule has 1 atom stereocenters. The zero-order valence-electron chi connectivity index (χ0n) is 18.0. The van der Waals surface area contributed by atoms with E-state index in [0.29, 0.717) is 41.1 Å². The van der Waals surface area contributed by atoms with Crippen LogP contribution in [-0.4, -0.2) is 32.5 Å². The lowest BCUT2D eigenvalue weighted by molar-refractivity contribution is 0.0462. The third kappa shape index (κ3) is 2.73. The summed E-state index contributed by atoms with van der Waals surface area (Å²) in [7, 11) is 4.62. The van der Waals surface area contributed by atoms with Gasteiger partial charge in [0.25, 0.3) is 5.56 Å². The molecular weight excluding hydrogens is 410 g/mol. The molecule has 0 aliphatic carbocycles. The Morgan fingerprint density at radius 3 is 2.50 bits per heavy atom. The summed E-state index contributed by atoms with van der Waals surface area (Å²) < 4.78 is 16.1. The van der Waals surface area contributed by atoms with Crippen molar-refractivity contribution in [3.63, 3.8) is 0 Å². The fourth-order valence-corrected chi connectivity index (χ4v) is 4.63. The summed E-state index contributed by atoms with van der Waals surface area (Å²) >= 11 is 0. The lowest BCUT2D eigenvalue weighted by Gasteiger charge is -2.28. The van der Waals surface area contributed by atoms with Gasteiger partial charge in [-0.1, -0.05) is 42.5 Å². The number of ether oxygens (including phenoxy) is 2. The van der Waals surface area contributed by atoms with Crippen molar-refractivity contribution < 1.29 is 14.6 Å². The largest absolute Gasteiger partial charge is 0.504 e. The number of aromatic hydroxyl groups is 1. The van der Waals surface area contributed by atoms with Crippen molar-refractivity contribution in [2.75, 3.05) is 13.7 Å². The molecule has 3 heterocycles. The molecule has 8 nitrogen and oxygen atoms in total. The van der Waals surface area contributed by atoms with Gasteiger partial charge in [0, 0.05) is 26.2 Å². The summed E-state index contributed by atoms with van der Waals surface area (Å²) in [6, 6.07) is 14.8. The van der Waals surface area contributed by atoms with Gasteiger partial charge in [0.1, 0.15) is 6.10 Å². The Kier molecular flexibility index (Phi) is 4.67. The van der Waals surface area contributed by atoms with Crippen molar-refractivity contribution in [1.82, 2.24) is 13.7 Å². The van der Waals surface area contributed by atoms with E-state index in [4.69, 9.17) is 9.47 Å². The van der Waals surface area contributed by atoms with Crippen molar-refractivity contribution in [1.29, 1.82) is 0 Å². The van der Waals surface area contributed by atoms with Gasteiger partial charge in [-0.3, -0.25) is 13.9 Å². The molecule has 1 unspecified atom stereocenters. The van der Waals surface area contributed by atoms with Crippen molar-refractivity contribution in [3.8, 4) is 22.8 Å². The highest BCUT2D eigenvalue weighted by Crippen LogP contribution is 2.44. The first-order valence-electron chi connectivity index (χ1n) is 10.3. The predicted octanol–water partition coefficient (Wildman–Crippen LogP) is 2.54. The van der Waals surface area contributed by atoms with Gasteiger partial charge in [0.2, 0.25) is 0 Å². The normalized spacial score (nSPS) is 15.7. The molecule has 32 heavy (non-hydrogen) atoms. The molecule has 0 radical (unpaired) electrons. The smallest absolute Gasteiger partial charge is 0.331 e. The SMILES string of the molecule is COc1cccc(C2OCCn3c(-c4ccccc4)c4c(=O)n(C)c(=O)n(C)c4c32)c1O. The fourth-order valence-electron chi connectivity index (χ4n) is 4.63. The van der Waals surface area contributed by atoms with Gasteiger partial charge in [0.05, 0.1) is 36.0 Å². The molecule has 2 aromatic heterocycles. The lowest BCUT2D eigenvalue weighted by Crippen LogP contribution is -2.37. The Morgan fingerprint density at radius 2 is 1.78 bits per heavy atom. The van der Waals surface area contributed by atoms with Gasteiger partial charge in [-0.2, -0.15) is 0 Å². The number of rotatable bonds is 3. The first-order valence-corrected chi connectivity index (χ1v) is 10.3. The minimum absolute atomic E-state index is 0.0297. The van der Waals surface area contributed by atoms with Crippen molar-refractivity contribution in [2.45, 2.75) is 12.6 Å². The predicted molar refractivity (Wildman–Crippen MR) is 120 cm³/mol. The molecule has 4 aromatic rings. The summed E-state index contributed by atoms with van der Waals surface area (Å²) in [4.78, 5) is 26.2. The van der Waals surface area contributed by atoms with Crippen LogP contribution in [0.1, 0.15) is 17.4 Å². The highest BCUT2D eigenvalue weighted by molar-refractivity contribution is 5.96. The van der Waals surface area contributed by atoms with E-state index >= 15 is 0 Å². The van der Waals surface area contributed by atoms with E-state index < -0.39 is 11.8 Å². The molecule has 0 bridgehead atoms. The first kappa shape index (κ1) is 20.1. The number of phenolic OH excluding ortho intramolecular Hbond substituents is 1. The Bertz CT molecular complexity index is 1460. The van der Waals surface area contributed by atoms with Crippen molar-refractivity contribution in [3.05, 3.63) is 80.6 Å². The quantitative estimate of drug-likeness (QED) is 0.537. The number of hydrogen-bond acceptors (Lipinski definition) is 5. The number of aryl methyl sites for hydroxylation is 1. The highest BCUT2D eigenvalue weighted by Gasteiger charge is 2.34. The number of para-hydroxylation sites is 1. The molecule has 0 amide bonds. The standard InChI is InChI=1S/C24H23N3O5/c1-25-19-17(23(29)26(2)24(25)30)18(14-8-5-4-6-9-14)27-12-13-32-22(20(19)27)15-10-7-11-16(31-3)21(15)28/h4-11,22,28H,12-13H2,1-3H3. The molecule has 0 spiro atoms. The molecule has 0 fully saturated rings. The van der Waals surface area contributed by atoms with Gasteiger partial charge in [-0.15, -0.1) is 0 Å². The third-order valence-electron chi connectivity index (χ3n) is 6.13. The molecule has 8 heteroatoms. The Morgan fingerprint density at radius 1 is 1.03 bits per heavy atom. The van der Waals surface area contributed by atoms with Crippen LogP contribution in [0.25, 0.3) is 22.2 Å². The van der Waals surface area contributed by atoms with E-state index in [1.807, 2.05) is 34.9 Å². The Labute approximate surface area is 183 Å². The number of phenols is 1. The van der Waals surface area contributed by atoms with Gasteiger partial charge in [-0.25, -0.2) is 4.79 Å². The Balaban J connectivity index is 1.94. The fraction of sp³-hybridized carbons (Fsp3) is 0.250.